The predicted molar refractivity (Wildman–Crippen MR) is 55.6 cm³/mol. The molecule has 0 unspecified atom stereocenters. The van der Waals surface area contributed by atoms with Crippen LogP contribution in [0.1, 0.15) is 0 Å². The number of nitrogens with zero attached hydrogens (tertiary/aromatic N) is 3. The molecule has 2 rings (SSSR count). The molecule has 0 spiro atoms. The molecule has 72 valence electrons. The maximum absolute atomic E-state index is 11.6. The zero-order chi connectivity index (χ0) is 10.1. The van der Waals surface area contributed by atoms with Crippen LogP contribution in [0.3, 0.4) is 0 Å². The molecule has 0 bridgehead atoms. The molecule has 2 heterocycles. The van der Waals surface area contributed by atoms with Gasteiger partial charge in [0.1, 0.15) is 0 Å². The Morgan fingerprint density at radius 3 is 2.93 bits per heavy atom. The van der Waals surface area contributed by atoms with Crippen LogP contribution in [0.5, 0.6) is 0 Å². The molecule has 2 aromatic heterocycles. The Bertz CT molecular complexity index is 519. The third-order valence-electron chi connectivity index (χ3n) is 1.84. The van der Waals surface area contributed by atoms with E-state index in [4.69, 9.17) is 11.6 Å². The van der Waals surface area contributed by atoms with Gasteiger partial charge in [0.2, 0.25) is 5.43 Å². The smallest absolute Gasteiger partial charge is 0.245 e. The summed E-state index contributed by atoms with van der Waals surface area (Å²) in [5, 5.41) is -0.0267. The van der Waals surface area contributed by atoms with Crippen LogP contribution in [-0.2, 0) is 7.05 Å². The van der Waals surface area contributed by atoms with Crippen molar-refractivity contribution in [3.63, 3.8) is 0 Å². The van der Waals surface area contributed by atoms with E-state index in [0.29, 0.717) is 5.69 Å². The molecule has 2 aromatic rings. The van der Waals surface area contributed by atoms with Gasteiger partial charge in [-0.3, -0.25) is 4.79 Å². The lowest BCUT2D eigenvalue weighted by atomic mass is 10.3. The van der Waals surface area contributed by atoms with Crippen molar-refractivity contribution in [3.8, 4) is 11.4 Å². The third-order valence-corrected chi connectivity index (χ3v) is 2.73. The molecule has 0 saturated heterocycles. The Morgan fingerprint density at radius 1 is 1.50 bits per heavy atom. The number of aromatic nitrogens is 3. The summed E-state index contributed by atoms with van der Waals surface area (Å²) in [6, 6.07) is 3.65. The van der Waals surface area contributed by atoms with E-state index in [1.807, 2.05) is 29.9 Å². The molecular formula is C8H6ClN3OS. The van der Waals surface area contributed by atoms with Gasteiger partial charge in [-0.25, -0.2) is 0 Å². The second kappa shape index (κ2) is 3.51. The number of hydrogen-bond donors (Lipinski definition) is 0. The lowest BCUT2D eigenvalue weighted by molar-refractivity contribution is 0.931. The summed E-state index contributed by atoms with van der Waals surface area (Å²) >= 11 is 6.55. The quantitative estimate of drug-likeness (QED) is 0.743. The summed E-state index contributed by atoms with van der Waals surface area (Å²) in [6.07, 6.45) is 1.84. The molecular weight excluding hydrogens is 222 g/mol. The monoisotopic (exact) mass is 227 g/mol. The molecule has 0 saturated carbocycles. The molecule has 0 aromatic carbocycles. The van der Waals surface area contributed by atoms with Gasteiger partial charge in [-0.2, -0.15) is 8.75 Å². The van der Waals surface area contributed by atoms with E-state index in [0.717, 1.165) is 17.4 Å². The second-order valence-corrected chi connectivity index (χ2v) is 3.62. The van der Waals surface area contributed by atoms with Gasteiger partial charge in [0, 0.05) is 13.2 Å². The molecule has 0 fully saturated rings. The largest absolute Gasteiger partial charge is 0.349 e. The Hall–Kier alpha value is -1.20. The molecule has 0 aliphatic carbocycles. The molecule has 0 aliphatic heterocycles. The summed E-state index contributed by atoms with van der Waals surface area (Å²) in [6.45, 7) is 0. The van der Waals surface area contributed by atoms with Gasteiger partial charge in [0.25, 0.3) is 0 Å². The average molecular weight is 228 g/mol. The van der Waals surface area contributed by atoms with Gasteiger partial charge in [0.15, 0.2) is 10.8 Å². The van der Waals surface area contributed by atoms with Crippen LogP contribution in [0.4, 0.5) is 0 Å². The third kappa shape index (κ3) is 1.44. The highest BCUT2D eigenvalue weighted by Gasteiger charge is 2.11. The Labute approximate surface area is 89.1 Å². The first-order chi connectivity index (χ1) is 6.70. The minimum Gasteiger partial charge on any atom is -0.349 e. The van der Waals surface area contributed by atoms with Crippen molar-refractivity contribution in [2.24, 2.45) is 7.05 Å². The molecule has 0 N–H and O–H groups in total. The van der Waals surface area contributed by atoms with Crippen LogP contribution in [0.25, 0.3) is 11.4 Å². The fourth-order valence-corrected chi connectivity index (χ4v) is 1.78. The first-order valence-corrected chi connectivity index (χ1v) is 4.95. The van der Waals surface area contributed by atoms with Gasteiger partial charge in [-0.1, -0.05) is 11.6 Å². The molecule has 14 heavy (non-hydrogen) atoms. The lowest BCUT2D eigenvalue weighted by Gasteiger charge is -1.99. The van der Waals surface area contributed by atoms with E-state index in [1.54, 1.807) is 0 Å². The summed E-state index contributed by atoms with van der Waals surface area (Å²) in [4.78, 5) is 11.6. The Kier molecular flexibility index (Phi) is 2.35. The standard InChI is InChI=1S/C8H6ClN3OS/c1-12-4-2-3-5(12)6-7(13)8(9)11-14-10-6/h2-4H,1H3. The highest BCUT2D eigenvalue weighted by Crippen LogP contribution is 2.14. The van der Waals surface area contributed by atoms with Crippen molar-refractivity contribution in [1.82, 2.24) is 13.3 Å². The van der Waals surface area contributed by atoms with Crippen molar-refractivity contribution < 1.29 is 0 Å². The van der Waals surface area contributed by atoms with E-state index in [1.165, 1.54) is 0 Å². The van der Waals surface area contributed by atoms with Crippen molar-refractivity contribution in [2.45, 2.75) is 0 Å². The van der Waals surface area contributed by atoms with Crippen molar-refractivity contribution in [2.75, 3.05) is 0 Å². The van der Waals surface area contributed by atoms with Crippen LogP contribution in [0, 0.1) is 0 Å². The fourth-order valence-electron chi connectivity index (χ4n) is 1.15. The first-order valence-electron chi connectivity index (χ1n) is 3.84. The van der Waals surface area contributed by atoms with Gasteiger partial charge < -0.3 is 4.57 Å². The van der Waals surface area contributed by atoms with Crippen LogP contribution < -0.4 is 5.43 Å². The average Bonchev–Trinajstić information content (AvgIpc) is 2.57. The SMILES string of the molecule is Cn1cccc1-c1nsnc(Cl)c1=O. The fraction of sp³-hybridized carbons (Fsp3) is 0.125. The van der Waals surface area contributed by atoms with Crippen molar-refractivity contribution in [3.05, 3.63) is 33.7 Å². The van der Waals surface area contributed by atoms with E-state index in [9.17, 15) is 4.79 Å². The maximum atomic E-state index is 11.6. The predicted octanol–water partition coefficient (Wildman–Crippen LogP) is 1.56. The molecule has 6 heteroatoms. The number of hydrogen-bond acceptors (Lipinski definition) is 4. The molecule has 0 atom stereocenters. The number of aryl methyl sites for hydroxylation is 1. The summed E-state index contributed by atoms with van der Waals surface area (Å²) in [5.41, 5.74) is 0.769. The topological polar surface area (TPSA) is 47.8 Å². The molecule has 0 radical (unpaired) electrons. The summed E-state index contributed by atoms with van der Waals surface area (Å²) < 4.78 is 9.42. The second-order valence-electron chi connectivity index (χ2n) is 2.74. The molecule has 0 aliphatic rings. The zero-order valence-electron chi connectivity index (χ0n) is 7.27. The van der Waals surface area contributed by atoms with Crippen LogP contribution in [0.15, 0.2) is 23.1 Å². The van der Waals surface area contributed by atoms with Gasteiger partial charge in [0.05, 0.1) is 17.4 Å². The summed E-state index contributed by atoms with van der Waals surface area (Å²) in [5.74, 6) is 0. The van der Waals surface area contributed by atoms with E-state index in [-0.39, 0.29) is 10.6 Å². The van der Waals surface area contributed by atoms with Crippen LogP contribution in [0.2, 0.25) is 5.15 Å². The van der Waals surface area contributed by atoms with Gasteiger partial charge in [-0.15, -0.1) is 0 Å². The normalized spacial score (nSPS) is 10.4. The lowest BCUT2D eigenvalue weighted by Crippen LogP contribution is -2.09. The van der Waals surface area contributed by atoms with Crippen LogP contribution in [-0.4, -0.2) is 13.3 Å². The van der Waals surface area contributed by atoms with Gasteiger partial charge >= 0.3 is 0 Å². The minimum absolute atomic E-state index is 0.0267. The van der Waals surface area contributed by atoms with Gasteiger partial charge in [-0.05, 0) is 12.1 Å². The zero-order valence-corrected chi connectivity index (χ0v) is 8.84. The van der Waals surface area contributed by atoms with Crippen LogP contribution >= 0.6 is 23.3 Å². The van der Waals surface area contributed by atoms with E-state index >= 15 is 0 Å². The minimum atomic E-state index is -0.327. The maximum Gasteiger partial charge on any atom is 0.245 e. The highest BCUT2D eigenvalue weighted by molar-refractivity contribution is 6.99. The van der Waals surface area contributed by atoms with Crippen molar-refractivity contribution in [1.29, 1.82) is 0 Å². The summed E-state index contributed by atoms with van der Waals surface area (Å²) in [7, 11) is 1.84. The molecule has 0 amide bonds. The Balaban J connectivity index is 2.70. The number of halogens is 1. The Morgan fingerprint density at radius 2 is 2.29 bits per heavy atom. The highest BCUT2D eigenvalue weighted by atomic mass is 35.5. The van der Waals surface area contributed by atoms with E-state index in [2.05, 4.69) is 8.75 Å². The number of rotatable bonds is 1. The molecule has 4 nitrogen and oxygen atoms in total. The van der Waals surface area contributed by atoms with Crippen molar-refractivity contribution >= 4 is 23.3 Å². The first kappa shape index (κ1) is 9.36. The van der Waals surface area contributed by atoms with E-state index < -0.39 is 0 Å².